The third kappa shape index (κ3) is 3.45. The Kier molecular flexibility index (Phi) is 4.15. The van der Waals surface area contributed by atoms with Gasteiger partial charge in [-0.3, -0.25) is 9.97 Å². The van der Waals surface area contributed by atoms with Crippen molar-refractivity contribution in [3.63, 3.8) is 0 Å². The average Bonchev–Trinajstić information content (AvgIpc) is 2.44. The summed E-state index contributed by atoms with van der Waals surface area (Å²) >= 11 is 0. The van der Waals surface area contributed by atoms with Gasteiger partial charge in [-0.05, 0) is 49.2 Å². The minimum atomic E-state index is 0.653. The summed E-state index contributed by atoms with van der Waals surface area (Å²) in [6, 6.07) is 11.7. The van der Waals surface area contributed by atoms with Crippen LogP contribution in [0.15, 0.2) is 48.8 Å². The molecule has 0 saturated heterocycles. The standard InChI is InChI=1S/C9H8N2.C7H10N2/c1-7-2-3-8-9(6-7)11-5-4-10-8;1-5-2-3-6(8)7(9)4-5/h2-6H,1H3;2-4H,8-9H2,1H3. The summed E-state index contributed by atoms with van der Waals surface area (Å²) in [4.78, 5) is 8.34. The molecule has 1 heterocycles. The van der Waals surface area contributed by atoms with E-state index in [0.717, 1.165) is 16.6 Å². The molecule has 102 valence electrons. The fraction of sp³-hybridized carbons (Fsp3) is 0.125. The zero-order valence-corrected chi connectivity index (χ0v) is 11.7. The van der Waals surface area contributed by atoms with Crippen molar-refractivity contribution in [3.8, 4) is 0 Å². The molecule has 3 aromatic rings. The van der Waals surface area contributed by atoms with E-state index in [2.05, 4.69) is 9.97 Å². The van der Waals surface area contributed by atoms with Crippen LogP contribution >= 0.6 is 0 Å². The normalized spacial score (nSPS) is 9.90. The number of benzene rings is 2. The van der Waals surface area contributed by atoms with Gasteiger partial charge in [0, 0.05) is 12.4 Å². The van der Waals surface area contributed by atoms with E-state index in [1.807, 2.05) is 50.2 Å². The van der Waals surface area contributed by atoms with Gasteiger partial charge in [0.25, 0.3) is 0 Å². The number of fused-ring (bicyclic) bond motifs is 1. The first-order valence-corrected chi connectivity index (χ1v) is 6.35. The van der Waals surface area contributed by atoms with Crippen molar-refractivity contribution in [1.29, 1.82) is 0 Å². The van der Waals surface area contributed by atoms with Crippen molar-refractivity contribution in [2.24, 2.45) is 0 Å². The summed E-state index contributed by atoms with van der Waals surface area (Å²) in [6.45, 7) is 4.03. The molecule has 0 radical (unpaired) electrons. The van der Waals surface area contributed by atoms with Crippen molar-refractivity contribution in [1.82, 2.24) is 9.97 Å². The average molecular weight is 266 g/mol. The first-order chi connectivity index (χ1) is 9.56. The predicted octanol–water partition coefficient (Wildman–Crippen LogP) is 3.10. The molecule has 0 bridgehead atoms. The fourth-order valence-electron chi connectivity index (χ4n) is 1.77. The molecular weight excluding hydrogens is 248 g/mol. The second-order valence-corrected chi connectivity index (χ2v) is 4.68. The molecule has 0 unspecified atom stereocenters. The molecule has 0 atom stereocenters. The number of nitrogens with zero attached hydrogens (tertiary/aromatic N) is 2. The zero-order chi connectivity index (χ0) is 14.5. The molecule has 0 aliphatic heterocycles. The van der Waals surface area contributed by atoms with Gasteiger partial charge in [0.05, 0.1) is 22.4 Å². The number of hydrogen-bond donors (Lipinski definition) is 2. The van der Waals surface area contributed by atoms with E-state index in [9.17, 15) is 0 Å². The smallest absolute Gasteiger partial charge is 0.0889 e. The number of hydrogen-bond acceptors (Lipinski definition) is 4. The van der Waals surface area contributed by atoms with Crippen LogP contribution in [0.25, 0.3) is 11.0 Å². The highest BCUT2D eigenvalue weighted by Crippen LogP contribution is 2.14. The maximum atomic E-state index is 5.50. The lowest BCUT2D eigenvalue weighted by Gasteiger charge is -1.98. The molecule has 4 nitrogen and oxygen atoms in total. The summed E-state index contributed by atoms with van der Waals surface area (Å²) in [7, 11) is 0. The SMILES string of the molecule is Cc1ccc(N)c(N)c1.Cc1ccc2nccnc2c1. The van der Waals surface area contributed by atoms with E-state index in [1.165, 1.54) is 5.56 Å². The molecule has 4 heteroatoms. The van der Waals surface area contributed by atoms with Crippen LogP contribution in [0.4, 0.5) is 11.4 Å². The van der Waals surface area contributed by atoms with Crippen LogP contribution in [0.5, 0.6) is 0 Å². The van der Waals surface area contributed by atoms with E-state index in [-0.39, 0.29) is 0 Å². The quantitative estimate of drug-likeness (QED) is 0.613. The highest BCUT2D eigenvalue weighted by atomic mass is 14.8. The summed E-state index contributed by atoms with van der Waals surface area (Å²) in [5, 5.41) is 0. The second kappa shape index (κ2) is 6.02. The third-order valence-corrected chi connectivity index (χ3v) is 2.87. The summed E-state index contributed by atoms with van der Waals surface area (Å²) in [5.74, 6) is 0. The van der Waals surface area contributed by atoms with E-state index in [1.54, 1.807) is 12.4 Å². The largest absolute Gasteiger partial charge is 0.397 e. The van der Waals surface area contributed by atoms with Gasteiger partial charge in [-0.1, -0.05) is 12.1 Å². The Morgan fingerprint density at radius 3 is 1.95 bits per heavy atom. The van der Waals surface area contributed by atoms with Crippen LogP contribution in [0.2, 0.25) is 0 Å². The number of aromatic nitrogens is 2. The van der Waals surface area contributed by atoms with Gasteiger partial charge >= 0.3 is 0 Å². The number of aryl methyl sites for hydroxylation is 2. The van der Waals surface area contributed by atoms with Gasteiger partial charge < -0.3 is 11.5 Å². The highest BCUT2D eigenvalue weighted by Gasteiger charge is 1.92. The fourth-order valence-corrected chi connectivity index (χ4v) is 1.77. The maximum Gasteiger partial charge on any atom is 0.0889 e. The first-order valence-electron chi connectivity index (χ1n) is 6.35. The molecule has 0 saturated carbocycles. The van der Waals surface area contributed by atoms with Crippen molar-refractivity contribution in [3.05, 3.63) is 59.9 Å². The number of nitrogens with two attached hydrogens (primary N) is 2. The second-order valence-electron chi connectivity index (χ2n) is 4.68. The van der Waals surface area contributed by atoms with E-state index in [4.69, 9.17) is 11.5 Å². The van der Waals surface area contributed by atoms with Crippen LogP contribution < -0.4 is 11.5 Å². The van der Waals surface area contributed by atoms with Gasteiger partial charge in [0.1, 0.15) is 0 Å². The number of nitrogen functional groups attached to an aromatic ring is 2. The van der Waals surface area contributed by atoms with Crippen molar-refractivity contribution >= 4 is 22.4 Å². The molecule has 0 aliphatic carbocycles. The Labute approximate surface area is 118 Å². The minimum absolute atomic E-state index is 0.653. The molecule has 4 N–H and O–H groups in total. The number of rotatable bonds is 0. The van der Waals surface area contributed by atoms with Gasteiger partial charge in [-0.2, -0.15) is 0 Å². The van der Waals surface area contributed by atoms with Gasteiger partial charge in [0.2, 0.25) is 0 Å². The number of anilines is 2. The Morgan fingerprint density at radius 1 is 0.700 bits per heavy atom. The highest BCUT2D eigenvalue weighted by molar-refractivity contribution is 5.74. The van der Waals surface area contributed by atoms with E-state index in [0.29, 0.717) is 11.4 Å². The lowest BCUT2D eigenvalue weighted by molar-refractivity contribution is 1.28. The molecular formula is C16H18N4. The summed E-state index contributed by atoms with van der Waals surface area (Å²) in [6.07, 6.45) is 3.42. The molecule has 0 amide bonds. The molecule has 0 aliphatic rings. The lowest BCUT2D eigenvalue weighted by Crippen LogP contribution is -1.93. The molecule has 3 rings (SSSR count). The molecule has 1 aromatic heterocycles. The Bertz CT molecular complexity index is 722. The van der Waals surface area contributed by atoms with Crippen LogP contribution in [0.1, 0.15) is 11.1 Å². The first kappa shape index (κ1) is 13.8. The Morgan fingerprint density at radius 2 is 1.30 bits per heavy atom. The maximum absolute atomic E-state index is 5.50. The van der Waals surface area contributed by atoms with Gasteiger partial charge in [0.15, 0.2) is 0 Å². The van der Waals surface area contributed by atoms with Gasteiger partial charge in [-0.15, -0.1) is 0 Å². The Hall–Kier alpha value is -2.62. The van der Waals surface area contributed by atoms with Crippen molar-refractivity contribution in [2.75, 3.05) is 11.5 Å². The third-order valence-electron chi connectivity index (χ3n) is 2.87. The predicted molar refractivity (Wildman–Crippen MR) is 84.3 cm³/mol. The molecule has 2 aromatic carbocycles. The summed E-state index contributed by atoms with van der Waals surface area (Å²) < 4.78 is 0. The molecule has 20 heavy (non-hydrogen) atoms. The van der Waals surface area contributed by atoms with Crippen LogP contribution in [0, 0.1) is 13.8 Å². The van der Waals surface area contributed by atoms with Crippen molar-refractivity contribution < 1.29 is 0 Å². The minimum Gasteiger partial charge on any atom is -0.397 e. The van der Waals surface area contributed by atoms with Crippen molar-refractivity contribution in [2.45, 2.75) is 13.8 Å². The monoisotopic (exact) mass is 266 g/mol. The van der Waals surface area contributed by atoms with Crippen LogP contribution in [-0.2, 0) is 0 Å². The summed E-state index contributed by atoms with van der Waals surface area (Å²) in [5.41, 5.74) is 16.6. The van der Waals surface area contributed by atoms with E-state index >= 15 is 0 Å². The van der Waals surface area contributed by atoms with E-state index < -0.39 is 0 Å². The zero-order valence-electron chi connectivity index (χ0n) is 11.7. The Balaban J connectivity index is 0.000000151. The molecule has 0 spiro atoms. The van der Waals surface area contributed by atoms with Gasteiger partial charge in [-0.25, -0.2) is 0 Å². The van der Waals surface area contributed by atoms with Crippen LogP contribution in [0.3, 0.4) is 0 Å². The topological polar surface area (TPSA) is 77.8 Å². The van der Waals surface area contributed by atoms with Crippen LogP contribution in [-0.4, -0.2) is 9.97 Å². The lowest BCUT2D eigenvalue weighted by atomic mass is 10.2. The molecule has 0 fully saturated rings.